The molecule has 1 amide bonds. The number of carbonyl (C=O) groups is 2. The number of nitrogens with one attached hydrogen (secondary N) is 2. The molecular formula is C16H30N2O5S. The maximum absolute atomic E-state index is 12.1. The number of carboxylic acids is 1. The van der Waals surface area contributed by atoms with Gasteiger partial charge in [0.05, 0.1) is 5.92 Å². The fourth-order valence-corrected chi connectivity index (χ4v) is 4.25. The van der Waals surface area contributed by atoms with Crippen LogP contribution in [0, 0.1) is 17.8 Å². The zero-order valence-corrected chi connectivity index (χ0v) is 15.6. The molecule has 8 heteroatoms. The summed E-state index contributed by atoms with van der Waals surface area (Å²) in [5, 5.41) is 11.6. The Bertz CT molecular complexity index is 525. The van der Waals surface area contributed by atoms with E-state index in [9.17, 15) is 18.0 Å². The third-order valence-corrected chi connectivity index (χ3v) is 5.67. The van der Waals surface area contributed by atoms with E-state index in [4.69, 9.17) is 5.11 Å². The quantitative estimate of drug-likeness (QED) is 0.573. The SMILES string of the molecule is CC(C)CC(CNC(=O)CS(=O)(=O)NC1CCC(C)CC1)C(=O)O. The highest BCUT2D eigenvalue weighted by Gasteiger charge is 2.25. The first-order valence-electron chi connectivity index (χ1n) is 8.58. The molecule has 24 heavy (non-hydrogen) atoms. The van der Waals surface area contributed by atoms with E-state index in [1.807, 2.05) is 13.8 Å². The standard InChI is InChI=1S/C16H30N2O5S/c1-11(2)8-13(16(20)21)9-17-15(19)10-24(22,23)18-14-6-4-12(3)5-7-14/h11-14,18H,4-10H2,1-3H3,(H,17,19)(H,20,21). The van der Waals surface area contributed by atoms with E-state index in [1.54, 1.807) is 0 Å². The van der Waals surface area contributed by atoms with E-state index in [1.165, 1.54) is 0 Å². The van der Waals surface area contributed by atoms with Gasteiger partial charge >= 0.3 is 5.97 Å². The van der Waals surface area contributed by atoms with E-state index >= 15 is 0 Å². The Morgan fingerprint density at radius 1 is 1.17 bits per heavy atom. The summed E-state index contributed by atoms with van der Waals surface area (Å²) in [5.41, 5.74) is 0. The first-order chi connectivity index (χ1) is 11.1. The molecule has 1 fully saturated rings. The molecule has 0 aromatic heterocycles. The van der Waals surface area contributed by atoms with Crippen molar-refractivity contribution in [3.05, 3.63) is 0 Å². The molecule has 0 spiro atoms. The van der Waals surface area contributed by atoms with Crippen molar-refractivity contribution in [3.63, 3.8) is 0 Å². The second kappa shape index (κ2) is 9.36. The Kier molecular flexibility index (Phi) is 8.15. The molecule has 1 rings (SSSR count). The van der Waals surface area contributed by atoms with Crippen molar-refractivity contribution in [1.29, 1.82) is 0 Å². The summed E-state index contributed by atoms with van der Waals surface area (Å²) in [6.07, 6.45) is 3.97. The minimum Gasteiger partial charge on any atom is -0.481 e. The molecule has 1 atom stereocenters. The van der Waals surface area contributed by atoms with Crippen LogP contribution in [-0.4, -0.2) is 43.7 Å². The summed E-state index contributed by atoms with van der Waals surface area (Å²) in [6, 6.07) is -0.105. The molecule has 7 nitrogen and oxygen atoms in total. The number of aliphatic carboxylic acids is 1. The van der Waals surface area contributed by atoms with Crippen LogP contribution < -0.4 is 10.0 Å². The van der Waals surface area contributed by atoms with Gasteiger partial charge in [0, 0.05) is 12.6 Å². The average Bonchev–Trinajstić information content (AvgIpc) is 2.44. The Balaban J connectivity index is 2.43. The predicted octanol–water partition coefficient (Wildman–Crippen LogP) is 1.35. The summed E-state index contributed by atoms with van der Waals surface area (Å²) in [6.45, 7) is 5.89. The molecule has 0 radical (unpaired) electrons. The van der Waals surface area contributed by atoms with Gasteiger partial charge in [-0.05, 0) is 43.9 Å². The zero-order chi connectivity index (χ0) is 18.3. The van der Waals surface area contributed by atoms with Gasteiger partial charge in [0.25, 0.3) is 0 Å². The molecule has 1 aliphatic rings. The van der Waals surface area contributed by atoms with Crippen LogP contribution in [-0.2, 0) is 19.6 Å². The lowest BCUT2D eigenvalue weighted by molar-refractivity contribution is -0.142. The minimum atomic E-state index is -3.70. The van der Waals surface area contributed by atoms with Crippen LogP contribution in [0.3, 0.4) is 0 Å². The van der Waals surface area contributed by atoms with Crippen molar-refractivity contribution < 1.29 is 23.1 Å². The molecule has 1 aliphatic carbocycles. The average molecular weight is 362 g/mol. The molecule has 3 N–H and O–H groups in total. The van der Waals surface area contributed by atoms with Gasteiger partial charge in [-0.1, -0.05) is 20.8 Å². The Labute approximate surface area is 144 Å². The van der Waals surface area contributed by atoms with Crippen molar-refractivity contribution in [2.24, 2.45) is 17.8 Å². The van der Waals surface area contributed by atoms with Gasteiger partial charge in [-0.15, -0.1) is 0 Å². The second-order valence-electron chi connectivity index (χ2n) is 7.30. The first kappa shape index (κ1) is 20.9. The van der Waals surface area contributed by atoms with Crippen LogP contribution in [0.25, 0.3) is 0 Å². The number of hydrogen-bond donors (Lipinski definition) is 3. The normalized spacial score (nSPS) is 23.0. The lowest BCUT2D eigenvalue weighted by Crippen LogP contribution is -2.43. The van der Waals surface area contributed by atoms with E-state index in [0.717, 1.165) is 25.7 Å². The van der Waals surface area contributed by atoms with Crippen molar-refractivity contribution in [2.75, 3.05) is 12.3 Å². The second-order valence-corrected chi connectivity index (χ2v) is 9.06. The lowest BCUT2D eigenvalue weighted by atomic mass is 9.88. The number of sulfonamides is 1. The van der Waals surface area contributed by atoms with Crippen LogP contribution in [0.15, 0.2) is 0 Å². The minimum absolute atomic E-state index is 0.0528. The van der Waals surface area contributed by atoms with Crippen LogP contribution >= 0.6 is 0 Å². The molecule has 0 bridgehead atoms. The van der Waals surface area contributed by atoms with Crippen molar-refractivity contribution in [1.82, 2.24) is 10.0 Å². The number of rotatable bonds is 9. The fraction of sp³-hybridized carbons (Fsp3) is 0.875. The number of hydrogen-bond acceptors (Lipinski definition) is 4. The maximum Gasteiger partial charge on any atom is 0.308 e. The predicted molar refractivity (Wildman–Crippen MR) is 91.9 cm³/mol. The Morgan fingerprint density at radius 3 is 2.25 bits per heavy atom. The summed E-state index contributed by atoms with van der Waals surface area (Å²) >= 11 is 0. The Hall–Kier alpha value is -1.15. The molecule has 0 aliphatic heterocycles. The molecular weight excluding hydrogens is 332 g/mol. The smallest absolute Gasteiger partial charge is 0.308 e. The highest BCUT2D eigenvalue weighted by molar-refractivity contribution is 7.90. The topological polar surface area (TPSA) is 113 Å². The monoisotopic (exact) mass is 362 g/mol. The molecule has 0 aromatic rings. The molecule has 1 unspecified atom stereocenters. The molecule has 140 valence electrons. The van der Waals surface area contributed by atoms with Gasteiger partial charge in [-0.3, -0.25) is 9.59 Å². The summed E-state index contributed by atoms with van der Waals surface area (Å²) in [5.74, 6) is -2.22. The lowest BCUT2D eigenvalue weighted by Gasteiger charge is -2.26. The van der Waals surface area contributed by atoms with Gasteiger partial charge in [0.15, 0.2) is 0 Å². The Morgan fingerprint density at radius 2 is 1.75 bits per heavy atom. The fourth-order valence-electron chi connectivity index (χ4n) is 2.97. The van der Waals surface area contributed by atoms with Gasteiger partial charge in [0.1, 0.15) is 5.75 Å². The van der Waals surface area contributed by atoms with Crippen LogP contribution in [0.5, 0.6) is 0 Å². The van der Waals surface area contributed by atoms with E-state index in [2.05, 4.69) is 17.0 Å². The number of amides is 1. The largest absolute Gasteiger partial charge is 0.481 e. The van der Waals surface area contributed by atoms with Crippen molar-refractivity contribution in [2.45, 2.75) is 58.9 Å². The van der Waals surface area contributed by atoms with Gasteiger partial charge in [-0.25, -0.2) is 13.1 Å². The number of carbonyl (C=O) groups excluding carboxylic acids is 1. The third kappa shape index (κ3) is 8.10. The molecule has 0 aromatic carbocycles. The van der Waals surface area contributed by atoms with E-state index < -0.39 is 33.6 Å². The maximum atomic E-state index is 12.1. The van der Waals surface area contributed by atoms with Crippen molar-refractivity contribution >= 4 is 21.9 Å². The van der Waals surface area contributed by atoms with Crippen LogP contribution in [0.2, 0.25) is 0 Å². The van der Waals surface area contributed by atoms with Crippen LogP contribution in [0.4, 0.5) is 0 Å². The summed E-state index contributed by atoms with van der Waals surface area (Å²) < 4.78 is 26.7. The van der Waals surface area contributed by atoms with Gasteiger partial charge in [0.2, 0.25) is 15.9 Å². The third-order valence-electron chi connectivity index (χ3n) is 4.33. The summed E-state index contributed by atoms with van der Waals surface area (Å²) in [4.78, 5) is 23.0. The van der Waals surface area contributed by atoms with E-state index in [0.29, 0.717) is 12.3 Å². The zero-order valence-electron chi connectivity index (χ0n) is 14.7. The van der Waals surface area contributed by atoms with Crippen molar-refractivity contribution in [3.8, 4) is 0 Å². The molecule has 0 saturated heterocycles. The highest BCUT2D eigenvalue weighted by atomic mass is 32.2. The van der Waals surface area contributed by atoms with E-state index in [-0.39, 0.29) is 18.5 Å². The van der Waals surface area contributed by atoms with Gasteiger partial charge < -0.3 is 10.4 Å². The van der Waals surface area contributed by atoms with Crippen LogP contribution in [0.1, 0.15) is 52.9 Å². The molecule has 1 saturated carbocycles. The highest BCUT2D eigenvalue weighted by Crippen LogP contribution is 2.23. The summed E-state index contributed by atoms with van der Waals surface area (Å²) in [7, 11) is -3.70. The first-order valence-corrected chi connectivity index (χ1v) is 10.2. The van der Waals surface area contributed by atoms with Gasteiger partial charge in [-0.2, -0.15) is 0 Å². The number of carboxylic acid groups (broad SMARTS) is 1. The molecule has 0 heterocycles.